The van der Waals surface area contributed by atoms with Crippen LogP contribution in [0.25, 0.3) is 0 Å². The molecule has 1 heterocycles. The zero-order valence-corrected chi connectivity index (χ0v) is 12.7. The van der Waals surface area contributed by atoms with Crippen molar-refractivity contribution in [3.05, 3.63) is 52.0 Å². The van der Waals surface area contributed by atoms with Gasteiger partial charge in [-0.3, -0.25) is 0 Å². The van der Waals surface area contributed by atoms with Gasteiger partial charge < -0.3 is 5.32 Å². The molecule has 3 heteroatoms. The number of benzene rings is 1. The molecule has 0 spiro atoms. The van der Waals surface area contributed by atoms with E-state index in [2.05, 4.69) is 66.8 Å². The molecule has 102 valence electrons. The number of aromatic nitrogens is 1. The van der Waals surface area contributed by atoms with E-state index in [0.717, 1.165) is 18.0 Å². The minimum atomic E-state index is 0.418. The van der Waals surface area contributed by atoms with E-state index in [1.807, 2.05) is 0 Å². The Kier molecular flexibility index (Phi) is 5.11. The smallest absolute Gasteiger partial charge is 0.0897 e. The summed E-state index contributed by atoms with van der Waals surface area (Å²) in [4.78, 5) is 4.50. The Balaban J connectivity index is 1.91. The van der Waals surface area contributed by atoms with E-state index in [9.17, 15) is 0 Å². The van der Waals surface area contributed by atoms with Crippen LogP contribution >= 0.6 is 11.3 Å². The lowest BCUT2D eigenvalue weighted by Gasteiger charge is -2.22. The predicted molar refractivity (Wildman–Crippen MR) is 82.6 cm³/mol. The van der Waals surface area contributed by atoms with Crippen LogP contribution in [0, 0.1) is 12.8 Å². The van der Waals surface area contributed by atoms with Crippen molar-refractivity contribution in [2.45, 2.75) is 33.2 Å². The minimum Gasteiger partial charge on any atom is -0.309 e. The molecule has 2 nitrogen and oxygen atoms in total. The topological polar surface area (TPSA) is 24.9 Å². The van der Waals surface area contributed by atoms with Gasteiger partial charge in [-0.05, 0) is 18.4 Å². The highest BCUT2D eigenvalue weighted by atomic mass is 32.1. The lowest BCUT2D eigenvalue weighted by molar-refractivity contribution is 0.414. The lowest BCUT2D eigenvalue weighted by Crippen LogP contribution is -2.27. The average molecular weight is 274 g/mol. The van der Waals surface area contributed by atoms with Gasteiger partial charge in [0, 0.05) is 24.4 Å². The third kappa shape index (κ3) is 4.15. The van der Waals surface area contributed by atoms with Crippen molar-refractivity contribution in [3.63, 3.8) is 0 Å². The summed E-state index contributed by atoms with van der Waals surface area (Å²) in [6.07, 6.45) is 1.00. The second-order valence-corrected chi connectivity index (χ2v) is 6.26. The molecular formula is C16H22N2S. The van der Waals surface area contributed by atoms with E-state index in [1.54, 1.807) is 11.3 Å². The molecule has 0 amide bonds. The highest BCUT2D eigenvalue weighted by Crippen LogP contribution is 2.21. The van der Waals surface area contributed by atoms with Crippen molar-refractivity contribution in [1.82, 2.24) is 10.3 Å². The first-order valence-corrected chi connectivity index (χ1v) is 7.74. The second kappa shape index (κ2) is 6.83. The number of rotatable bonds is 6. The molecule has 0 fully saturated rings. The Labute approximate surface area is 119 Å². The fraction of sp³-hybridized carbons (Fsp3) is 0.438. The van der Waals surface area contributed by atoms with Gasteiger partial charge in [-0.2, -0.15) is 0 Å². The fourth-order valence-corrected chi connectivity index (χ4v) is 2.92. The van der Waals surface area contributed by atoms with Gasteiger partial charge in [0.2, 0.25) is 0 Å². The molecule has 0 aliphatic rings. The molecule has 1 atom stereocenters. The van der Waals surface area contributed by atoms with Crippen molar-refractivity contribution in [2.75, 3.05) is 6.54 Å². The molecule has 19 heavy (non-hydrogen) atoms. The van der Waals surface area contributed by atoms with Crippen LogP contribution in [0.15, 0.2) is 35.7 Å². The second-order valence-electron chi connectivity index (χ2n) is 5.19. The predicted octanol–water partition coefficient (Wildman–Crippen LogP) is 3.98. The van der Waals surface area contributed by atoms with Crippen LogP contribution in [0.4, 0.5) is 0 Å². The first kappa shape index (κ1) is 14.2. The Morgan fingerprint density at radius 3 is 2.53 bits per heavy atom. The Bertz CT molecular complexity index is 490. The van der Waals surface area contributed by atoms with Gasteiger partial charge in [0.15, 0.2) is 0 Å². The quantitative estimate of drug-likeness (QED) is 0.862. The minimum absolute atomic E-state index is 0.418. The summed E-state index contributed by atoms with van der Waals surface area (Å²) in [5.74, 6) is 0.583. The van der Waals surface area contributed by atoms with Gasteiger partial charge in [0.25, 0.3) is 0 Å². The summed E-state index contributed by atoms with van der Waals surface area (Å²) < 4.78 is 0. The van der Waals surface area contributed by atoms with Crippen molar-refractivity contribution in [3.8, 4) is 0 Å². The Morgan fingerprint density at radius 1 is 1.21 bits per heavy atom. The standard InChI is InChI=1S/C16H22N2S/c1-12(2)16(14-7-5-4-6-8-14)17-10-9-15-11-19-13(3)18-15/h4-8,11-12,16-17H,9-10H2,1-3H3. The summed E-state index contributed by atoms with van der Waals surface area (Å²) >= 11 is 1.73. The van der Waals surface area contributed by atoms with Crippen LogP contribution in [-0.4, -0.2) is 11.5 Å². The molecule has 0 aliphatic heterocycles. The van der Waals surface area contributed by atoms with Gasteiger partial charge >= 0.3 is 0 Å². The number of nitrogens with one attached hydrogen (secondary N) is 1. The zero-order valence-electron chi connectivity index (χ0n) is 11.9. The highest BCUT2D eigenvalue weighted by molar-refractivity contribution is 7.09. The van der Waals surface area contributed by atoms with Crippen molar-refractivity contribution < 1.29 is 0 Å². The van der Waals surface area contributed by atoms with Crippen LogP contribution in [-0.2, 0) is 6.42 Å². The van der Waals surface area contributed by atoms with E-state index in [1.165, 1.54) is 11.3 Å². The van der Waals surface area contributed by atoms with Crippen LogP contribution in [0.3, 0.4) is 0 Å². The number of thiazole rings is 1. The molecule has 2 rings (SSSR count). The number of hydrogen-bond acceptors (Lipinski definition) is 3. The number of hydrogen-bond donors (Lipinski definition) is 1. The summed E-state index contributed by atoms with van der Waals surface area (Å²) in [7, 11) is 0. The highest BCUT2D eigenvalue weighted by Gasteiger charge is 2.14. The van der Waals surface area contributed by atoms with E-state index in [4.69, 9.17) is 0 Å². The monoisotopic (exact) mass is 274 g/mol. The van der Waals surface area contributed by atoms with Crippen molar-refractivity contribution in [1.29, 1.82) is 0 Å². The molecule has 0 saturated carbocycles. The Hall–Kier alpha value is -1.19. The first-order valence-electron chi connectivity index (χ1n) is 6.86. The Morgan fingerprint density at radius 2 is 1.95 bits per heavy atom. The van der Waals surface area contributed by atoms with Crippen molar-refractivity contribution >= 4 is 11.3 Å². The van der Waals surface area contributed by atoms with Gasteiger partial charge in [0.05, 0.1) is 10.7 Å². The normalized spacial score (nSPS) is 12.8. The van der Waals surface area contributed by atoms with E-state index in [-0.39, 0.29) is 0 Å². The van der Waals surface area contributed by atoms with Crippen molar-refractivity contribution in [2.24, 2.45) is 5.92 Å². The van der Waals surface area contributed by atoms with Crippen LogP contribution < -0.4 is 5.32 Å². The van der Waals surface area contributed by atoms with Gasteiger partial charge in [-0.1, -0.05) is 44.2 Å². The molecule has 2 aromatic rings. The zero-order chi connectivity index (χ0) is 13.7. The third-order valence-corrected chi connectivity index (χ3v) is 4.06. The summed E-state index contributed by atoms with van der Waals surface area (Å²) in [5, 5.41) is 6.97. The summed E-state index contributed by atoms with van der Waals surface area (Å²) in [6.45, 7) is 7.55. The maximum absolute atomic E-state index is 4.50. The summed E-state index contributed by atoms with van der Waals surface area (Å²) in [6, 6.07) is 11.1. The van der Waals surface area contributed by atoms with E-state index in [0.29, 0.717) is 12.0 Å². The van der Waals surface area contributed by atoms with Crippen LogP contribution in [0.1, 0.15) is 36.2 Å². The molecule has 0 aliphatic carbocycles. The number of aryl methyl sites for hydroxylation is 1. The van der Waals surface area contributed by atoms with Crippen LogP contribution in [0.5, 0.6) is 0 Å². The molecule has 0 radical (unpaired) electrons. The van der Waals surface area contributed by atoms with Gasteiger partial charge in [-0.15, -0.1) is 11.3 Å². The molecule has 1 unspecified atom stereocenters. The third-order valence-electron chi connectivity index (χ3n) is 3.24. The molecule has 1 aromatic heterocycles. The van der Waals surface area contributed by atoms with Crippen LogP contribution in [0.2, 0.25) is 0 Å². The maximum atomic E-state index is 4.50. The first-order chi connectivity index (χ1) is 9.16. The average Bonchev–Trinajstić information content (AvgIpc) is 2.81. The fourth-order valence-electron chi connectivity index (χ4n) is 2.28. The largest absolute Gasteiger partial charge is 0.309 e. The molecule has 1 N–H and O–H groups in total. The summed E-state index contributed by atoms with van der Waals surface area (Å²) in [5.41, 5.74) is 2.57. The SMILES string of the molecule is Cc1nc(CCNC(c2ccccc2)C(C)C)cs1. The molecule has 0 bridgehead atoms. The maximum Gasteiger partial charge on any atom is 0.0897 e. The van der Waals surface area contributed by atoms with E-state index >= 15 is 0 Å². The molecule has 1 aromatic carbocycles. The number of nitrogens with zero attached hydrogens (tertiary/aromatic N) is 1. The van der Waals surface area contributed by atoms with E-state index < -0.39 is 0 Å². The molecule has 0 saturated heterocycles. The van der Waals surface area contributed by atoms with Gasteiger partial charge in [-0.25, -0.2) is 4.98 Å². The molecular weight excluding hydrogens is 252 g/mol. The van der Waals surface area contributed by atoms with Gasteiger partial charge in [0.1, 0.15) is 0 Å². The lowest BCUT2D eigenvalue weighted by atomic mass is 9.96.